The molecule has 2 aromatic carbocycles. The van der Waals surface area contributed by atoms with Crippen LogP contribution in [0.3, 0.4) is 0 Å². The van der Waals surface area contributed by atoms with Crippen LogP contribution in [0.15, 0.2) is 78.5 Å². The molecule has 2 aromatic rings. The maximum absolute atomic E-state index is 14.3. The summed E-state index contributed by atoms with van der Waals surface area (Å²) in [4.78, 5) is 22.3. The van der Waals surface area contributed by atoms with Gasteiger partial charge in [0.2, 0.25) is 12.1 Å². The van der Waals surface area contributed by atoms with E-state index in [-0.39, 0.29) is 50.6 Å². The summed E-state index contributed by atoms with van der Waals surface area (Å²) in [7, 11) is 0. The van der Waals surface area contributed by atoms with E-state index in [1.165, 1.54) is 5.56 Å². The van der Waals surface area contributed by atoms with E-state index in [0.29, 0.717) is 50.3 Å². The Bertz CT molecular complexity index is 1790. The van der Waals surface area contributed by atoms with Crippen molar-refractivity contribution >= 4 is 11.8 Å². The second-order valence-corrected chi connectivity index (χ2v) is 16.4. The highest BCUT2D eigenvalue weighted by molar-refractivity contribution is 6.03. The van der Waals surface area contributed by atoms with E-state index in [0.717, 1.165) is 73.1 Å². The summed E-state index contributed by atoms with van der Waals surface area (Å²) in [5.74, 6) is 0.311. The van der Waals surface area contributed by atoms with Crippen LogP contribution in [0.5, 0.6) is 17.2 Å². The summed E-state index contributed by atoms with van der Waals surface area (Å²) in [5, 5.41) is 24.8. The molecule has 0 aromatic heterocycles. The molecule has 322 valence electrons. The van der Waals surface area contributed by atoms with Crippen molar-refractivity contribution in [3.63, 3.8) is 0 Å². The molecule has 0 radical (unpaired) electrons. The number of allylic oxidation sites excluding steroid dienone is 1. The van der Waals surface area contributed by atoms with Crippen LogP contribution in [0.2, 0.25) is 0 Å². The number of ether oxygens (including phenoxy) is 5. The second kappa shape index (κ2) is 21.4. The van der Waals surface area contributed by atoms with E-state index in [2.05, 4.69) is 51.3 Å². The Hall–Kier alpha value is -4.16. The zero-order valence-electron chi connectivity index (χ0n) is 35.4. The first kappa shape index (κ1) is 44.4. The molecule has 1 saturated carbocycles. The lowest BCUT2D eigenvalue weighted by Gasteiger charge is -2.60. The molecule has 2 aliphatic heterocycles. The summed E-state index contributed by atoms with van der Waals surface area (Å²) < 4.78 is 32.9. The van der Waals surface area contributed by atoms with Crippen LogP contribution >= 0.6 is 0 Å². The molecule has 59 heavy (non-hydrogen) atoms. The van der Waals surface area contributed by atoms with E-state index in [1.54, 1.807) is 17.1 Å². The Balaban J connectivity index is 1.57. The molecular formula is C48H66N2O9. The smallest absolute Gasteiger partial charge is 0.410 e. The van der Waals surface area contributed by atoms with E-state index in [9.17, 15) is 15.0 Å². The number of unbranched alkanes of at least 4 members (excludes halogenated alkanes) is 2. The van der Waals surface area contributed by atoms with Gasteiger partial charge in [0, 0.05) is 44.1 Å². The predicted molar refractivity (Wildman–Crippen MR) is 229 cm³/mol. The van der Waals surface area contributed by atoms with Crippen LogP contribution in [-0.2, 0) is 19.0 Å². The van der Waals surface area contributed by atoms with Gasteiger partial charge in [0.1, 0.15) is 23.3 Å². The van der Waals surface area contributed by atoms with Crippen LogP contribution in [0.1, 0.15) is 107 Å². The highest BCUT2D eigenvalue weighted by Gasteiger charge is 2.65. The van der Waals surface area contributed by atoms with E-state index in [4.69, 9.17) is 33.7 Å². The van der Waals surface area contributed by atoms with Crippen molar-refractivity contribution in [2.75, 3.05) is 39.6 Å². The number of aliphatic hydroxyl groups is 2. The van der Waals surface area contributed by atoms with Gasteiger partial charge in [0.15, 0.2) is 0 Å². The van der Waals surface area contributed by atoms with Gasteiger partial charge < -0.3 is 38.7 Å². The Morgan fingerprint density at radius 2 is 1.78 bits per heavy atom. The number of aliphatic hydroxyl groups excluding tert-OH is 2. The number of rotatable bonds is 21. The normalized spacial score (nSPS) is 26.5. The molecule has 2 N–H and O–H groups in total. The summed E-state index contributed by atoms with van der Waals surface area (Å²) >= 11 is 0. The van der Waals surface area contributed by atoms with Crippen LogP contribution in [0.25, 0.3) is 0 Å². The van der Waals surface area contributed by atoms with Gasteiger partial charge in [-0.2, -0.15) is 0 Å². The Kier molecular flexibility index (Phi) is 16.1. The van der Waals surface area contributed by atoms with E-state index < -0.39 is 30.1 Å². The van der Waals surface area contributed by atoms with Gasteiger partial charge in [0.05, 0.1) is 31.5 Å². The first-order valence-electron chi connectivity index (χ1n) is 21.9. The quantitative estimate of drug-likeness (QED) is 0.0719. The number of hydrogen-bond donors (Lipinski definition) is 2. The molecule has 1 saturated heterocycles. The molecule has 2 heterocycles. The van der Waals surface area contributed by atoms with Gasteiger partial charge in [-0.1, -0.05) is 49.2 Å². The summed E-state index contributed by atoms with van der Waals surface area (Å²) in [6.07, 6.45) is 13.8. The Labute approximate surface area is 351 Å². The largest absolute Gasteiger partial charge is 0.459 e. The first-order chi connectivity index (χ1) is 28.8. The average molecular weight is 815 g/mol. The number of hydrogen-bond acceptors (Lipinski definition) is 10. The molecule has 11 heteroatoms. The Morgan fingerprint density at radius 1 is 1.00 bits per heavy atom. The predicted octanol–water partition coefficient (Wildman–Crippen LogP) is 9.68. The van der Waals surface area contributed by atoms with Crippen molar-refractivity contribution in [2.45, 2.75) is 122 Å². The zero-order chi connectivity index (χ0) is 41.8. The van der Waals surface area contributed by atoms with Crippen molar-refractivity contribution < 1.29 is 43.5 Å². The third-order valence-electron chi connectivity index (χ3n) is 12.4. The topological polar surface area (TPSA) is 129 Å². The molecular weight excluding hydrogens is 749 g/mol. The number of carbonyl (C=O) groups excluding carboxylic acids is 1. The molecule has 6 rings (SSSR count). The SMILES string of the molecule is C=CCCOC(=O)N(CCC)C1CC(=NOC2CCCCO2)C2=CC(CCCCO)C(CCCCO)C3c4cc(Oc5ccc(C)c(C)c5)ccc4OC1(OCC=C)C23. The standard InChI is InChI=1S/C48H66N2O9/c1-6-9-27-55-47(53)50(23-7-2)43-32-41(49-59-44-18-12-15-28-54-44)39-30-35(16-10-13-24-51)38(17-11-14-25-52)45-40-31-37(57-36-20-19-33(4)34(5)29-36)21-22-42(40)58-48(43,46(39)45)56-26-8-3/h6,8,19-22,29-31,35,38,43-46,51-52H,1,3,7,9-18,23-28,32H2,2,4-5H3. The molecule has 0 bridgehead atoms. The zero-order valence-corrected chi connectivity index (χ0v) is 35.4. The third kappa shape index (κ3) is 10.2. The number of amides is 1. The number of carbonyl (C=O) groups is 1. The molecule has 0 spiro atoms. The molecule has 7 unspecified atom stereocenters. The van der Waals surface area contributed by atoms with Crippen LogP contribution < -0.4 is 9.47 Å². The van der Waals surface area contributed by atoms with Gasteiger partial charge in [-0.3, -0.25) is 4.90 Å². The fourth-order valence-corrected chi connectivity index (χ4v) is 9.47. The molecule has 2 aliphatic carbocycles. The molecule has 7 atom stereocenters. The lowest BCUT2D eigenvalue weighted by atomic mass is 9.55. The van der Waals surface area contributed by atoms with Gasteiger partial charge in [-0.15, -0.1) is 13.2 Å². The van der Waals surface area contributed by atoms with Crippen LogP contribution in [-0.4, -0.2) is 84.6 Å². The minimum absolute atomic E-state index is 0.0852. The van der Waals surface area contributed by atoms with Crippen molar-refractivity contribution in [1.29, 1.82) is 0 Å². The fourth-order valence-electron chi connectivity index (χ4n) is 9.47. The Morgan fingerprint density at radius 3 is 2.49 bits per heavy atom. The summed E-state index contributed by atoms with van der Waals surface area (Å²) in [5.41, 5.74) is 5.03. The fraction of sp³-hybridized carbons (Fsp3) is 0.583. The average Bonchev–Trinajstić information content (AvgIpc) is 3.24. The third-order valence-corrected chi connectivity index (χ3v) is 12.4. The van der Waals surface area contributed by atoms with Gasteiger partial charge in [0.25, 0.3) is 0 Å². The van der Waals surface area contributed by atoms with Crippen molar-refractivity contribution in [2.24, 2.45) is 22.9 Å². The number of nitrogens with zero attached hydrogens (tertiary/aromatic N) is 2. The lowest BCUT2D eigenvalue weighted by Crippen LogP contribution is -2.70. The van der Waals surface area contributed by atoms with E-state index in [1.807, 2.05) is 25.1 Å². The van der Waals surface area contributed by atoms with Crippen molar-refractivity contribution in [3.8, 4) is 17.2 Å². The van der Waals surface area contributed by atoms with Crippen LogP contribution in [0.4, 0.5) is 4.79 Å². The monoisotopic (exact) mass is 814 g/mol. The van der Waals surface area contributed by atoms with Gasteiger partial charge in [-0.25, -0.2) is 4.79 Å². The van der Waals surface area contributed by atoms with E-state index >= 15 is 0 Å². The lowest BCUT2D eigenvalue weighted by molar-refractivity contribution is -0.255. The second-order valence-electron chi connectivity index (χ2n) is 16.4. The van der Waals surface area contributed by atoms with Crippen LogP contribution in [0, 0.1) is 31.6 Å². The minimum Gasteiger partial charge on any atom is -0.459 e. The number of aryl methyl sites for hydroxylation is 2. The summed E-state index contributed by atoms with van der Waals surface area (Å²) in [6, 6.07) is 11.5. The maximum atomic E-state index is 14.3. The first-order valence-corrected chi connectivity index (χ1v) is 21.9. The molecule has 11 nitrogen and oxygen atoms in total. The molecule has 2 fully saturated rings. The number of oxime groups is 1. The molecule has 1 amide bonds. The number of fused-ring (bicyclic) bond motifs is 2. The van der Waals surface area contributed by atoms with Gasteiger partial charge >= 0.3 is 6.09 Å². The molecule has 4 aliphatic rings. The highest BCUT2D eigenvalue weighted by Crippen LogP contribution is 2.62. The maximum Gasteiger partial charge on any atom is 0.410 e. The summed E-state index contributed by atoms with van der Waals surface area (Å²) in [6.45, 7) is 15.7. The van der Waals surface area contributed by atoms with Gasteiger partial charge in [-0.05, 0) is 124 Å². The van der Waals surface area contributed by atoms with Crippen molar-refractivity contribution in [1.82, 2.24) is 4.90 Å². The highest BCUT2D eigenvalue weighted by atomic mass is 16.8. The number of benzene rings is 2. The van der Waals surface area contributed by atoms with Crippen molar-refractivity contribution in [3.05, 3.63) is 90.0 Å². The minimum atomic E-state index is -1.37.